The summed E-state index contributed by atoms with van der Waals surface area (Å²) < 4.78 is 35.3. The molecule has 2 saturated heterocycles. The van der Waals surface area contributed by atoms with E-state index in [1.54, 1.807) is 72.1 Å². The molecule has 3 rings (SSSR count). The molecule has 4 N–H and O–H groups in total. The zero-order chi connectivity index (χ0) is 41.2. The second-order valence-electron chi connectivity index (χ2n) is 15.9. The van der Waals surface area contributed by atoms with Crippen LogP contribution in [0.4, 0.5) is 0 Å². The number of cyclic esters (lactones) is 1. The van der Waals surface area contributed by atoms with E-state index in [4.69, 9.17) is 33.3 Å². The molecule has 10 unspecified atom stereocenters. The van der Waals surface area contributed by atoms with Crippen LogP contribution in [0.3, 0.4) is 0 Å². The fraction of sp³-hybridized carbons (Fsp3) is 0.775. The molecule has 55 heavy (non-hydrogen) atoms. The number of ether oxygens (including phenoxy) is 6. The molecule has 15 nitrogen and oxygen atoms in total. The van der Waals surface area contributed by atoms with Gasteiger partial charge in [0.2, 0.25) is 6.79 Å². The maximum atomic E-state index is 14.1. The molecule has 15 heteroatoms. The van der Waals surface area contributed by atoms with E-state index < -0.39 is 83.6 Å². The first-order valence-electron chi connectivity index (χ1n) is 19.3. The van der Waals surface area contributed by atoms with Crippen LogP contribution in [0.25, 0.3) is 0 Å². The molecule has 14 atom stereocenters. The van der Waals surface area contributed by atoms with Crippen molar-refractivity contribution in [2.24, 2.45) is 28.8 Å². The predicted molar refractivity (Wildman–Crippen MR) is 203 cm³/mol. The number of oxime groups is 1. The molecule has 0 aliphatic carbocycles. The number of nitrogens with zero attached hydrogens (tertiary/aromatic N) is 2. The fourth-order valence-corrected chi connectivity index (χ4v) is 7.90. The van der Waals surface area contributed by atoms with Gasteiger partial charge in [-0.2, -0.15) is 0 Å². The highest BCUT2D eigenvalue weighted by Gasteiger charge is 2.52. The van der Waals surface area contributed by atoms with Crippen LogP contribution in [0, 0.1) is 23.7 Å². The highest BCUT2D eigenvalue weighted by Crippen LogP contribution is 2.39. The Bertz CT molecular complexity index is 1380. The monoisotopic (exact) mass is 782 g/mol. The summed E-state index contributed by atoms with van der Waals surface area (Å²) in [5.74, 6) is -5.13. The minimum absolute atomic E-state index is 0.0567. The van der Waals surface area contributed by atoms with Gasteiger partial charge in [-0.3, -0.25) is 4.79 Å². The number of carbonyl (C=O) groups excluding carboxylic acids is 2. The van der Waals surface area contributed by atoms with Crippen molar-refractivity contribution in [1.82, 2.24) is 4.90 Å². The van der Waals surface area contributed by atoms with Gasteiger partial charge in [0, 0.05) is 30.9 Å². The van der Waals surface area contributed by atoms with Gasteiger partial charge in [-0.15, -0.1) is 0 Å². The van der Waals surface area contributed by atoms with E-state index in [1.165, 1.54) is 13.8 Å². The van der Waals surface area contributed by atoms with Crippen LogP contribution in [0.2, 0.25) is 0 Å². The maximum Gasteiger partial charge on any atom is 0.338 e. The number of likely N-dealkylation sites (N-methyl/N-ethyl adjacent to an activating group) is 1. The predicted octanol–water partition coefficient (Wildman–Crippen LogP) is 3.15. The number of aliphatic hydroxyl groups is 4. The molecule has 2 aliphatic rings. The third-order valence-electron chi connectivity index (χ3n) is 11.1. The second-order valence-corrected chi connectivity index (χ2v) is 15.9. The Morgan fingerprint density at radius 1 is 1.02 bits per heavy atom. The summed E-state index contributed by atoms with van der Waals surface area (Å²) in [7, 11) is 5.23. The van der Waals surface area contributed by atoms with Gasteiger partial charge in [-0.05, 0) is 73.2 Å². The van der Waals surface area contributed by atoms with Gasteiger partial charge in [-0.1, -0.05) is 51.0 Å². The van der Waals surface area contributed by atoms with Crippen molar-refractivity contribution in [3.05, 3.63) is 35.9 Å². The molecule has 314 valence electrons. The first-order valence-corrected chi connectivity index (χ1v) is 19.3. The second kappa shape index (κ2) is 20.6. The zero-order valence-electron chi connectivity index (χ0n) is 34.4. The third kappa shape index (κ3) is 11.9. The van der Waals surface area contributed by atoms with Crippen molar-refractivity contribution in [3.63, 3.8) is 0 Å². The quantitative estimate of drug-likeness (QED) is 0.105. The molecule has 0 amide bonds. The molecule has 0 radical (unpaired) electrons. The Labute approximate surface area is 326 Å². The van der Waals surface area contributed by atoms with Crippen LogP contribution in [0.5, 0.6) is 0 Å². The average Bonchev–Trinajstić information content (AvgIpc) is 3.13. The van der Waals surface area contributed by atoms with Crippen molar-refractivity contribution >= 4 is 17.7 Å². The largest absolute Gasteiger partial charge is 0.459 e. The minimum atomic E-state index is -1.98. The van der Waals surface area contributed by atoms with Gasteiger partial charge >= 0.3 is 11.9 Å². The van der Waals surface area contributed by atoms with Gasteiger partial charge in [0.25, 0.3) is 0 Å². The van der Waals surface area contributed by atoms with Crippen molar-refractivity contribution in [2.75, 3.05) is 41.2 Å². The van der Waals surface area contributed by atoms with Crippen molar-refractivity contribution in [2.45, 2.75) is 135 Å². The number of benzene rings is 1. The zero-order valence-corrected chi connectivity index (χ0v) is 34.4. The molecular formula is C40H66N2O13. The van der Waals surface area contributed by atoms with E-state index in [9.17, 15) is 30.0 Å². The highest BCUT2D eigenvalue weighted by molar-refractivity contribution is 5.90. The standard InChI is InChI=1S/C40H66N2O13/c1-12-30-40(8,48)34(44)25(4)31(41-51-22-50-19-18-49-11)23(2)21-39(7,47)35(55-38-32(43)29(42(9)10)20-24(3)52-38)26(5)33(27(6)36(45)53-30)54-37(46)28-16-14-13-15-17-28/h13-17,23-27,29-30,32-35,38,43-44,47-48H,12,18-22H2,1-11H3/t23?,24-,25?,26?,27?,29+,30?,32-,33?,34?,35?,38+,39?,40?/m1/s1. The lowest BCUT2D eigenvalue weighted by Gasteiger charge is -2.47. The number of methoxy groups -OCH3 is 1. The van der Waals surface area contributed by atoms with E-state index in [-0.39, 0.29) is 49.7 Å². The van der Waals surface area contributed by atoms with E-state index in [2.05, 4.69) is 5.16 Å². The maximum absolute atomic E-state index is 14.1. The number of hydrogen-bond acceptors (Lipinski definition) is 15. The first kappa shape index (κ1) is 46.7. The lowest BCUT2D eigenvalue weighted by Crippen LogP contribution is -2.60. The molecule has 0 aromatic heterocycles. The number of esters is 2. The summed E-state index contributed by atoms with van der Waals surface area (Å²) >= 11 is 0. The van der Waals surface area contributed by atoms with Gasteiger partial charge in [0.1, 0.15) is 23.9 Å². The van der Waals surface area contributed by atoms with Crippen molar-refractivity contribution in [1.29, 1.82) is 0 Å². The van der Waals surface area contributed by atoms with E-state index >= 15 is 0 Å². The number of hydrogen-bond donors (Lipinski definition) is 4. The Morgan fingerprint density at radius 2 is 1.67 bits per heavy atom. The van der Waals surface area contributed by atoms with E-state index in [1.807, 2.05) is 25.9 Å². The van der Waals surface area contributed by atoms with Crippen LogP contribution in [-0.4, -0.2) is 144 Å². The molecule has 2 heterocycles. The number of aliphatic hydroxyl groups excluding tert-OH is 2. The summed E-state index contributed by atoms with van der Waals surface area (Å²) in [6.07, 6.45) is -7.26. The smallest absolute Gasteiger partial charge is 0.338 e. The van der Waals surface area contributed by atoms with E-state index in [0.29, 0.717) is 13.0 Å². The van der Waals surface area contributed by atoms with Crippen LogP contribution >= 0.6 is 0 Å². The Balaban J connectivity index is 2.20. The van der Waals surface area contributed by atoms with Crippen LogP contribution in [0.1, 0.15) is 85.0 Å². The van der Waals surface area contributed by atoms with Crippen LogP contribution in [0.15, 0.2) is 35.5 Å². The summed E-state index contributed by atoms with van der Waals surface area (Å²) in [5, 5.41) is 52.1. The lowest BCUT2D eigenvalue weighted by molar-refractivity contribution is -0.298. The Kier molecular flexibility index (Phi) is 17.5. The SMILES string of the molecule is CCC1OC(=O)C(C)C(OC(=O)c2ccccc2)C(C)C(O[C@@H]2O[C@H](C)C[C@H](N(C)C)[C@H]2O)C(C)(O)CC(C)C(=NOCOCCOC)C(C)C(O)C1(C)O. The van der Waals surface area contributed by atoms with Gasteiger partial charge < -0.3 is 58.6 Å². The van der Waals surface area contributed by atoms with Crippen molar-refractivity contribution < 1.29 is 63.3 Å². The molecule has 0 saturated carbocycles. The average molecular weight is 783 g/mol. The summed E-state index contributed by atoms with van der Waals surface area (Å²) in [6.45, 7) is 13.5. The number of rotatable bonds is 12. The first-order chi connectivity index (χ1) is 25.8. The van der Waals surface area contributed by atoms with Gasteiger partial charge in [-0.25, -0.2) is 4.79 Å². The van der Waals surface area contributed by atoms with Crippen LogP contribution < -0.4 is 0 Å². The van der Waals surface area contributed by atoms with Gasteiger partial charge in [0.15, 0.2) is 6.29 Å². The summed E-state index contributed by atoms with van der Waals surface area (Å²) in [6, 6.07) is 7.94. The molecule has 1 aromatic carbocycles. The van der Waals surface area contributed by atoms with Crippen molar-refractivity contribution in [3.8, 4) is 0 Å². The molecule has 2 fully saturated rings. The molecule has 2 aliphatic heterocycles. The molecule has 0 spiro atoms. The summed E-state index contributed by atoms with van der Waals surface area (Å²) in [4.78, 5) is 35.2. The fourth-order valence-electron chi connectivity index (χ4n) is 7.90. The minimum Gasteiger partial charge on any atom is -0.459 e. The topological polar surface area (TPSA) is 195 Å². The van der Waals surface area contributed by atoms with E-state index in [0.717, 1.165) is 0 Å². The number of carbonyl (C=O) groups is 2. The molecule has 0 bridgehead atoms. The molecular weight excluding hydrogens is 716 g/mol. The van der Waals surface area contributed by atoms with Crippen LogP contribution in [-0.2, 0) is 38.1 Å². The molecule has 1 aromatic rings. The normalized spacial score (nSPS) is 39.0. The Hall–Kier alpha value is -2.73. The highest BCUT2D eigenvalue weighted by atomic mass is 16.7. The Morgan fingerprint density at radius 3 is 2.27 bits per heavy atom. The summed E-state index contributed by atoms with van der Waals surface area (Å²) in [5.41, 5.74) is -3.26. The lowest BCUT2D eigenvalue weighted by atomic mass is 9.73. The van der Waals surface area contributed by atoms with Gasteiger partial charge in [0.05, 0.1) is 54.3 Å². The third-order valence-corrected chi connectivity index (χ3v) is 11.1.